The average Bonchev–Trinajstić information content (AvgIpc) is 3.11. The van der Waals surface area contributed by atoms with Gasteiger partial charge >= 0.3 is 0 Å². The van der Waals surface area contributed by atoms with Crippen molar-refractivity contribution in [3.63, 3.8) is 0 Å². The van der Waals surface area contributed by atoms with Crippen molar-refractivity contribution in [1.82, 2.24) is 19.8 Å². The topological polar surface area (TPSA) is 78.5 Å². The summed E-state index contributed by atoms with van der Waals surface area (Å²) in [6.07, 6.45) is 7.75. The van der Waals surface area contributed by atoms with E-state index in [1.54, 1.807) is 6.33 Å². The van der Waals surface area contributed by atoms with Gasteiger partial charge in [0.15, 0.2) is 0 Å². The maximum absolute atomic E-state index is 13.2. The smallest absolute Gasteiger partial charge is 0.226 e. The van der Waals surface area contributed by atoms with E-state index < -0.39 is 0 Å². The number of ether oxygens (including phenoxy) is 1. The first-order valence-electron chi connectivity index (χ1n) is 10.4. The van der Waals surface area contributed by atoms with Crippen LogP contribution in [0, 0.1) is 5.92 Å². The van der Waals surface area contributed by atoms with E-state index in [1.807, 2.05) is 11.8 Å². The van der Waals surface area contributed by atoms with Crippen LogP contribution in [0.1, 0.15) is 56.8 Å². The van der Waals surface area contributed by atoms with Crippen LogP contribution < -0.4 is 0 Å². The molecule has 7 heteroatoms. The zero-order valence-electron chi connectivity index (χ0n) is 16.2. The third-order valence-electron chi connectivity index (χ3n) is 6.59. The fourth-order valence-electron chi connectivity index (χ4n) is 4.77. The minimum atomic E-state index is -0.350. The molecule has 2 fully saturated rings. The van der Waals surface area contributed by atoms with Gasteiger partial charge in [-0.1, -0.05) is 6.42 Å². The molecule has 1 aromatic heterocycles. The lowest BCUT2D eigenvalue weighted by molar-refractivity contribution is -0.150. The van der Waals surface area contributed by atoms with Crippen molar-refractivity contribution in [3.05, 3.63) is 17.7 Å². The van der Waals surface area contributed by atoms with Crippen molar-refractivity contribution >= 4 is 11.8 Å². The molecule has 1 N–H and O–H groups in total. The number of rotatable bonds is 5. The Hall–Kier alpha value is -1.89. The third kappa shape index (κ3) is 3.26. The first-order valence-corrected chi connectivity index (χ1v) is 10.4. The van der Waals surface area contributed by atoms with Crippen LogP contribution in [0.3, 0.4) is 0 Å². The quantitative estimate of drug-likeness (QED) is 0.798. The lowest BCUT2D eigenvalue weighted by atomic mass is 9.76. The summed E-state index contributed by atoms with van der Waals surface area (Å²) in [5.74, 6) is 0.632. The van der Waals surface area contributed by atoms with Crippen molar-refractivity contribution < 1.29 is 14.3 Å². The summed E-state index contributed by atoms with van der Waals surface area (Å²) in [6.45, 7) is 5.15. The molecule has 7 nitrogen and oxygen atoms in total. The SMILES string of the molecule is CCOCCC(=O)N1CCC2(CC1)c1nc[nH]c1CCN2C(=O)C1CCC1. The zero-order valence-corrected chi connectivity index (χ0v) is 16.2. The van der Waals surface area contributed by atoms with Gasteiger partial charge in [0.25, 0.3) is 0 Å². The summed E-state index contributed by atoms with van der Waals surface area (Å²) in [5, 5.41) is 0. The van der Waals surface area contributed by atoms with Crippen LogP contribution in [0.2, 0.25) is 0 Å². The average molecular weight is 374 g/mol. The Labute approximate surface area is 160 Å². The van der Waals surface area contributed by atoms with Gasteiger partial charge in [-0.05, 0) is 32.6 Å². The Bertz CT molecular complexity index is 689. The van der Waals surface area contributed by atoms with Gasteiger partial charge in [-0.3, -0.25) is 9.59 Å². The second kappa shape index (κ2) is 7.62. The Kier molecular flexibility index (Phi) is 5.21. The van der Waals surface area contributed by atoms with E-state index in [2.05, 4.69) is 14.9 Å². The van der Waals surface area contributed by atoms with Crippen LogP contribution >= 0.6 is 0 Å². The van der Waals surface area contributed by atoms with Crippen molar-refractivity contribution in [3.8, 4) is 0 Å². The molecule has 2 amide bonds. The molecule has 1 spiro atoms. The Balaban J connectivity index is 1.50. The van der Waals surface area contributed by atoms with Crippen LogP contribution in [-0.2, 0) is 26.3 Å². The minimum absolute atomic E-state index is 0.147. The predicted octanol–water partition coefficient (Wildman–Crippen LogP) is 1.84. The first-order chi connectivity index (χ1) is 13.2. The Morgan fingerprint density at radius 1 is 1.30 bits per heavy atom. The summed E-state index contributed by atoms with van der Waals surface area (Å²) >= 11 is 0. The number of likely N-dealkylation sites (tertiary alicyclic amines) is 1. The zero-order chi connectivity index (χ0) is 18.9. The molecular formula is C20H30N4O3. The number of nitrogens with zero attached hydrogens (tertiary/aromatic N) is 3. The molecule has 0 atom stereocenters. The molecule has 1 saturated carbocycles. The molecule has 0 unspecified atom stereocenters. The van der Waals surface area contributed by atoms with Crippen LogP contribution in [0.15, 0.2) is 6.33 Å². The fraction of sp³-hybridized carbons (Fsp3) is 0.750. The van der Waals surface area contributed by atoms with E-state index in [4.69, 9.17) is 4.74 Å². The first kappa shape index (κ1) is 18.5. The van der Waals surface area contributed by atoms with Crippen molar-refractivity contribution in [2.24, 2.45) is 5.92 Å². The van der Waals surface area contributed by atoms with E-state index in [0.29, 0.717) is 38.6 Å². The van der Waals surface area contributed by atoms with Gasteiger partial charge in [0.05, 0.1) is 30.6 Å². The van der Waals surface area contributed by atoms with E-state index in [0.717, 1.165) is 56.5 Å². The van der Waals surface area contributed by atoms with Gasteiger partial charge in [-0.2, -0.15) is 0 Å². The van der Waals surface area contributed by atoms with Crippen LogP contribution in [-0.4, -0.2) is 64.4 Å². The number of aromatic nitrogens is 2. The number of amides is 2. The number of aromatic amines is 1. The van der Waals surface area contributed by atoms with Gasteiger partial charge in [-0.25, -0.2) is 4.98 Å². The predicted molar refractivity (Wildman–Crippen MR) is 99.9 cm³/mol. The van der Waals surface area contributed by atoms with E-state index in [-0.39, 0.29) is 17.4 Å². The number of nitrogens with one attached hydrogen (secondary N) is 1. The minimum Gasteiger partial charge on any atom is -0.381 e. The molecule has 0 aromatic carbocycles. The largest absolute Gasteiger partial charge is 0.381 e. The second-order valence-electron chi connectivity index (χ2n) is 7.96. The van der Waals surface area contributed by atoms with Gasteiger partial charge < -0.3 is 19.5 Å². The molecule has 2 aliphatic heterocycles. The number of fused-ring (bicyclic) bond motifs is 2. The molecule has 1 aromatic rings. The van der Waals surface area contributed by atoms with Gasteiger partial charge in [0.2, 0.25) is 11.8 Å². The lowest BCUT2D eigenvalue weighted by Gasteiger charge is -2.51. The maximum atomic E-state index is 13.2. The highest BCUT2D eigenvalue weighted by molar-refractivity contribution is 5.81. The molecule has 148 valence electrons. The van der Waals surface area contributed by atoms with Crippen molar-refractivity contribution in [2.75, 3.05) is 32.8 Å². The number of carbonyl (C=O) groups excluding carboxylic acids is 2. The Morgan fingerprint density at radius 3 is 2.74 bits per heavy atom. The number of H-pyrrole nitrogens is 1. The second-order valence-corrected chi connectivity index (χ2v) is 7.96. The summed E-state index contributed by atoms with van der Waals surface area (Å²) in [5.41, 5.74) is 1.84. The maximum Gasteiger partial charge on any atom is 0.226 e. The highest BCUT2D eigenvalue weighted by atomic mass is 16.5. The highest BCUT2D eigenvalue weighted by Crippen LogP contribution is 2.44. The van der Waals surface area contributed by atoms with Crippen LogP contribution in [0.5, 0.6) is 0 Å². The van der Waals surface area contributed by atoms with Gasteiger partial charge in [0.1, 0.15) is 0 Å². The number of hydrogen-bond donors (Lipinski definition) is 1. The number of imidazole rings is 1. The summed E-state index contributed by atoms with van der Waals surface area (Å²) in [6, 6.07) is 0. The van der Waals surface area contributed by atoms with Crippen molar-refractivity contribution in [1.29, 1.82) is 0 Å². The molecule has 0 radical (unpaired) electrons. The van der Waals surface area contributed by atoms with Crippen molar-refractivity contribution in [2.45, 2.75) is 57.4 Å². The Morgan fingerprint density at radius 2 is 2.07 bits per heavy atom. The molecule has 3 aliphatic rings. The van der Waals surface area contributed by atoms with Crippen LogP contribution in [0.4, 0.5) is 0 Å². The molecular weight excluding hydrogens is 344 g/mol. The molecule has 1 saturated heterocycles. The number of carbonyl (C=O) groups is 2. The molecule has 0 bridgehead atoms. The van der Waals surface area contributed by atoms with E-state index in [1.165, 1.54) is 0 Å². The van der Waals surface area contributed by atoms with E-state index >= 15 is 0 Å². The molecule has 27 heavy (non-hydrogen) atoms. The number of hydrogen-bond acceptors (Lipinski definition) is 4. The summed E-state index contributed by atoms with van der Waals surface area (Å²) < 4.78 is 5.32. The number of piperidine rings is 1. The standard InChI is InChI=1S/C20H30N4O3/c1-2-27-13-7-17(25)23-11-8-20(9-12-23)18-16(21-14-22-18)6-10-24(20)19(26)15-4-3-5-15/h14-15H,2-13H2,1H3,(H,21,22). The molecule has 1 aliphatic carbocycles. The highest BCUT2D eigenvalue weighted by Gasteiger charge is 2.50. The monoisotopic (exact) mass is 374 g/mol. The molecule has 4 rings (SSSR count). The van der Waals surface area contributed by atoms with Crippen LogP contribution in [0.25, 0.3) is 0 Å². The third-order valence-corrected chi connectivity index (χ3v) is 6.59. The summed E-state index contributed by atoms with van der Waals surface area (Å²) in [7, 11) is 0. The molecule has 3 heterocycles. The van der Waals surface area contributed by atoms with Gasteiger partial charge in [-0.15, -0.1) is 0 Å². The summed E-state index contributed by atoms with van der Waals surface area (Å²) in [4.78, 5) is 37.6. The normalized spacial score (nSPS) is 21.8. The van der Waals surface area contributed by atoms with E-state index in [9.17, 15) is 9.59 Å². The fourth-order valence-corrected chi connectivity index (χ4v) is 4.77. The van der Waals surface area contributed by atoms with Gasteiger partial charge in [0, 0.05) is 44.3 Å². The lowest BCUT2D eigenvalue weighted by Crippen LogP contribution is -2.60.